The Balaban J connectivity index is 1.65. The van der Waals surface area contributed by atoms with Gasteiger partial charge in [0.2, 0.25) is 5.82 Å². The van der Waals surface area contributed by atoms with E-state index >= 15 is 0 Å². The van der Waals surface area contributed by atoms with E-state index in [4.69, 9.17) is 11.6 Å². The average Bonchev–Trinajstić information content (AvgIpc) is 3.19. The predicted molar refractivity (Wildman–Crippen MR) is 109 cm³/mol. The molecule has 2 N–H and O–H groups in total. The van der Waals surface area contributed by atoms with E-state index in [1.165, 1.54) is 17.0 Å². The summed E-state index contributed by atoms with van der Waals surface area (Å²) >= 11 is 6.13. The number of rotatable bonds is 6. The number of hydrogen-bond donors (Lipinski definition) is 2. The Hall–Kier alpha value is -2.35. The van der Waals surface area contributed by atoms with E-state index in [0.29, 0.717) is 11.6 Å². The standard InChI is InChI=1S/C21H24ClFN6/c1-2-27-11-13-28(14-12-27)20(17-5-7-18(22)8-6-17)21-24-25-26-29(21)15-16-3-9-19(23)10-4-16/h3-10,20H,2,11-15H2,1H3/p+2/t20-/m0/s1. The van der Waals surface area contributed by atoms with Gasteiger partial charge in [0.15, 0.2) is 6.04 Å². The van der Waals surface area contributed by atoms with Crippen molar-refractivity contribution >= 4 is 11.6 Å². The lowest BCUT2D eigenvalue weighted by Crippen LogP contribution is -3.28. The molecule has 1 aliphatic rings. The van der Waals surface area contributed by atoms with Gasteiger partial charge in [-0.3, -0.25) is 0 Å². The minimum Gasteiger partial charge on any atom is -0.326 e. The first kappa shape index (κ1) is 19.9. The van der Waals surface area contributed by atoms with Crippen molar-refractivity contribution < 1.29 is 14.2 Å². The van der Waals surface area contributed by atoms with Gasteiger partial charge in [0.25, 0.3) is 0 Å². The zero-order valence-electron chi connectivity index (χ0n) is 16.5. The summed E-state index contributed by atoms with van der Waals surface area (Å²) in [7, 11) is 0. The molecule has 1 aliphatic heterocycles. The van der Waals surface area contributed by atoms with Gasteiger partial charge in [-0.05, 0) is 47.2 Å². The van der Waals surface area contributed by atoms with Crippen molar-refractivity contribution in [3.05, 3.63) is 76.3 Å². The van der Waals surface area contributed by atoms with Crippen molar-refractivity contribution in [3.8, 4) is 0 Å². The van der Waals surface area contributed by atoms with Crippen LogP contribution in [0.1, 0.15) is 29.9 Å². The lowest BCUT2D eigenvalue weighted by Gasteiger charge is -2.33. The molecule has 0 aliphatic carbocycles. The van der Waals surface area contributed by atoms with Crippen molar-refractivity contribution in [2.24, 2.45) is 0 Å². The number of tetrazole rings is 1. The number of hydrogen-bond acceptors (Lipinski definition) is 3. The molecule has 1 saturated heterocycles. The summed E-state index contributed by atoms with van der Waals surface area (Å²) in [6, 6.07) is 14.5. The van der Waals surface area contributed by atoms with Gasteiger partial charge in [-0.2, -0.15) is 0 Å². The highest BCUT2D eigenvalue weighted by molar-refractivity contribution is 6.30. The fourth-order valence-electron chi connectivity index (χ4n) is 4.08. The zero-order valence-corrected chi connectivity index (χ0v) is 17.2. The van der Waals surface area contributed by atoms with Gasteiger partial charge in [-0.15, -0.1) is 5.10 Å². The molecule has 4 rings (SSSR count). The Labute approximate surface area is 174 Å². The molecule has 0 amide bonds. The smallest absolute Gasteiger partial charge is 0.214 e. The van der Waals surface area contributed by atoms with Gasteiger partial charge in [0.05, 0.1) is 13.1 Å². The summed E-state index contributed by atoms with van der Waals surface area (Å²) in [6.07, 6.45) is 0. The first-order valence-electron chi connectivity index (χ1n) is 10.1. The second kappa shape index (κ2) is 8.98. The minimum atomic E-state index is -0.245. The number of piperazine rings is 1. The lowest BCUT2D eigenvalue weighted by molar-refractivity contribution is -1.02. The van der Waals surface area contributed by atoms with Crippen LogP contribution in [0.25, 0.3) is 0 Å². The first-order valence-corrected chi connectivity index (χ1v) is 10.5. The molecule has 29 heavy (non-hydrogen) atoms. The van der Waals surface area contributed by atoms with E-state index in [2.05, 4.69) is 34.6 Å². The third kappa shape index (κ3) is 4.63. The molecule has 0 radical (unpaired) electrons. The maximum Gasteiger partial charge on any atom is 0.214 e. The molecule has 152 valence electrons. The summed E-state index contributed by atoms with van der Waals surface area (Å²) in [5.74, 6) is 0.581. The molecule has 3 aromatic rings. The van der Waals surface area contributed by atoms with Gasteiger partial charge in [-0.25, -0.2) is 9.07 Å². The van der Waals surface area contributed by atoms with Crippen molar-refractivity contribution in [1.29, 1.82) is 0 Å². The van der Waals surface area contributed by atoms with Crippen LogP contribution in [0.2, 0.25) is 5.02 Å². The zero-order chi connectivity index (χ0) is 20.2. The molecular formula is C21H26ClFN6+2. The largest absolute Gasteiger partial charge is 0.326 e. The summed E-state index contributed by atoms with van der Waals surface area (Å²) in [6.45, 7) is 8.28. The summed E-state index contributed by atoms with van der Waals surface area (Å²) < 4.78 is 15.1. The van der Waals surface area contributed by atoms with Gasteiger partial charge in [0.1, 0.15) is 32.0 Å². The van der Waals surface area contributed by atoms with Crippen molar-refractivity contribution in [2.75, 3.05) is 32.7 Å². The van der Waals surface area contributed by atoms with E-state index in [1.807, 2.05) is 16.8 Å². The normalized spacial score (nSPS) is 20.5. The summed E-state index contributed by atoms with van der Waals surface area (Å²) in [5.41, 5.74) is 2.12. The summed E-state index contributed by atoms with van der Waals surface area (Å²) in [4.78, 5) is 3.09. The molecule has 0 spiro atoms. The summed E-state index contributed by atoms with van der Waals surface area (Å²) in [5, 5.41) is 13.3. The number of nitrogens with zero attached hydrogens (tertiary/aromatic N) is 4. The highest BCUT2D eigenvalue weighted by atomic mass is 35.5. The Morgan fingerprint density at radius 2 is 1.72 bits per heavy atom. The van der Waals surface area contributed by atoms with Crippen LogP contribution in [0, 0.1) is 5.82 Å². The van der Waals surface area contributed by atoms with Gasteiger partial charge in [0, 0.05) is 10.6 Å². The highest BCUT2D eigenvalue weighted by Gasteiger charge is 2.35. The van der Waals surface area contributed by atoms with Crippen LogP contribution in [-0.2, 0) is 6.54 Å². The molecule has 6 nitrogen and oxygen atoms in total. The third-order valence-electron chi connectivity index (χ3n) is 5.77. The van der Waals surface area contributed by atoms with Crippen LogP contribution in [0.4, 0.5) is 4.39 Å². The SMILES string of the molecule is CC[NH+]1CC[NH+]([C@@H](c2ccc(Cl)cc2)c2nnnn2Cc2ccc(F)cc2)CC1. The van der Waals surface area contributed by atoms with Crippen molar-refractivity contribution in [2.45, 2.75) is 19.5 Å². The van der Waals surface area contributed by atoms with Crippen LogP contribution < -0.4 is 9.80 Å². The Bertz CT molecular complexity index is 919. The van der Waals surface area contributed by atoms with Crippen LogP contribution in [0.3, 0.4) is 0 Å². The molecular weight excluding hydrogens is 391 g/mol. The number of halogens is 2. The maximum atomic E-state index is 13.3. The Kier molecular flexibility index (Phi) is 6.18. The fraction of sp³-hybridized carbons (Fsp3) is 0.381. The molecule has 8 heteroatoms. The average molecular weight is 417 g/mol. The van der Waals surface area contributed by atoms with Crippen LogP contribution in [-0.4, -0.2) is 52.9 Å². The fourth-order valence-corrected chi connectivity index (χ4v) is 4.21. The van der Waals surface area contributed by atoms with Gasteiger partial charge in [-0.1, -0.05) is 35.9 Å². The molecule has 2 heterocycles. The maximum absolute atomic E-state index is 13.3. The number of benzene rings is 2. The van der Waals surface area contributed by atoms with E-state index in [9.17, 15) is 4.39 Å². The third-order valence-corrected chi connectivity index (χ3v) is 6.03. The Morgan fingerprint density at radius 3 is 2.38 bits per heavy atom. The van der Waals surface area contributed by atoms with Crippen molar-refractivity contribution in [3.63, 3.8) is 0 Å². The number of aromatic nitrogens is 4. The minimum absolute atomic E-state index is 0.0288. The van der Waals surface area contributed by atoms with E-state index < -0.39 is 0 Å². The molecule has 0 saturated carbocycles. The molecule has 1 fully saturated rings. The molecule has 1 aromatic heterocycles. The van der Waals surface area contributed by atoms with Crippen molar-refractivity contribution in [1.82, 2.24) is 20.2 Å². The first-order chi connectivity index (χ1) is 14.1. The van der Waals surface area contributed by atoms with Crippen LogP contribution in [0.5, 0.6) is 0 Å². The van der Waals surface area contributed by atoms with E-state index in [-0.39, 0.29) is 11.9 Å². The quantitative estimate of drug-likeness (QED) is 0.612. The molecule has 2 aromatic carbocycles. The topological polar surface area (TPSA) is 52.5 Å². The highest BCUT2D eigenvalue weighted by Crippen LogP contribution is 2.20. The van der Waals surface area contributed by atoms with E-state index in [1.54, 1.807) is 17.0 Å². The molecule has 1 atom stereocenters. The predicted octanol–water partition coefficient (Wildman–Crippen LogP) is 0.407. The van der Waals surface area contributed by atoms with E-state index in [0.717, 1.165) is 49.7 Å². The molecule has 0 unspecified atom stereocenters. The number of likely N-dealkylation sites (N-methyl/N-ethyl adjacent to an activating group) is 1. The lowest BCUT2D eigenvalue weighted by atomic mass is 10.0. The monoisotopic (exact) mass is 416 g/mol. The second-order valence-corrected chi connectivity index (χ2v) is 8.00. The number of nitrogens with one attached hydrogen (secondary N) is 2. The number of quaternary nitrogens is 2. The van der Waals surface area contributed by atoms with Crippen LogP contribution in [0.15, 0.2) is 48.5 Å². The Morgan fingerprint density at radius 1 is 1.03 bits per heavy atom. The van der Waals surface area contributed by atoms with Crippen LogP contribution >= 0.6 is 11.6 Å². The van der Waals surface area contributed by atoms with Gasteiger partial charge >= 0.3 is 0 Å². The van der Waals surface area contributed by atoms with Gasteiger partial charge < -0.3 is 9.80 Å². The molecule has 0 bridgehead atoms. The second-order valence-electron chi connectivity index (χ2n) is 7.57.